The first kappa shape index (κ1) is 54.4. The standard InChI is InChI=1S/C49H84O10/c1-3-5-7-9-11-13-15-17-19-20-21-22-24-26-28-30-32-34-36-38-45(52)58-42(41-57-49-48(55)47(54)46(53)43(39-50)59-49)40-56-44(51)37-35-33-31-29-27-25-23-18-16-14-12-10-8-6-4-2/h11,13-14,16-17,19,21-22,26,28,42-43,46-50,53-55H,3-10,12,15,18,20,23-25,27,29-41H2,1-2H3/b13-11+,16-14+,19-17+,22-21+,28-26+/t42-,43-,46+,47?,48?,49-/m1/s1. The van der Waals surface area contributed by atoms with Crippen molar-refractivity contribution in [2.45, 2.75) is 218 Å². The number of ether oxygens (including phenoxy) is 4. The van der Waals surface area contributed by atoms with Gasteiger partial charge in [-0.05, 0) is 83.5 Å². The smallest absolute Gasteiger partial charge is 0.306 e. The van der Waals surface area contributed by atoms with Crippen molar-refractivity contribution < 1.29 is 49.0 Å². The van der Waals surface area contributed by atoms with Crippen molar-refractivity contribution >= 4 is 11.9 Å². The SMILES string of the molecule is CCCCC/C=C/C/C=C/C/C=C/C/C=C/CCCCCC(=O)O[C@H](COC(=O)CCCCCCCCC/C=C/CCCCCC)CO[C@@H]1O[C@H](CO)[C@H](O)C(O)C1O. The summed E-state index contributed by atoms with van der Waals surface area (Å²) in [6.45, 7) is 3.34. The highest BCUT2D eigenvalue weighted by Gasteiger charge is 2.44. The summed E-state index contributed by atoms with van der Waals surface area (Å²) >= 11 is 0. The van der Waals surface area contributed by atoms with Crippen molar-refractivity contribution in [1.82, 2.24) is 0 Å². The zero-order valence-electron chi connectivity index (χ0n) is 37.0. The van der Waals surface area contributed by atoms with Crippen molar-refractivity contribution in [3.05, 3.63) is 60.8 Å². The van der Waals surface area contributed by atoms with Gasteiger partial charge in [-0.1, -0.05) is 145 Å². The van der Waals surface area contributed by atoms with E-state index in [1.165, 1.54) is 77.0 Å². The monoisotopic (exact) mass is 833 g/mol. The fourth-order valence-electron chi connectivity index (χ4n) is 6.64. The third-order valence-corrected chi connectivity index (χ3v) is 10.4. The molecule has 10 nitrogen and oxygen atoms in total. The molecule has 0 aromatic heterocycles. The Hall–Kier alpha value is -2.60. The highest BCUT2D eigenvalue weighted by atomic mass is 16.7. The molecule has 6 atom stereocenters. The van der Waals surface area contributed by atoms with Crippen LogP contribution in [0.25, 0.3) is 0 Å². The molecule has 10 heteroatoms. The first-order valence-corrected chi connectivity index (χ1v) is 23.4. The number of allylic oxidation sites excluding steroid dienone is 10. The normalized spacial score (nSPS) is 20.5. The zero-order valence-corrected chi connectivity index (χ0v) is 37.0. The Morgan fingerprint density at radius 2 is 0.949 bits per heavy atom. The number of hydrogen-bond acceptors (Lipinski definition) is 10. The Balaban J connectivity index is 2.35. The lowest BCUT2D eigenvalue weighted by molar-refractivity contribution is -0.305. The molecule has 0 aliphatic carbocycles. The highest BCUT2D eigenvalue weighted by Crippen LogP contribution is 2.22. The summed E-state index contributed by atoms with van der Waals surface area (Å²) in [6.07, 6.45) is 40.8. The number of carbonyl (C=O) groups excluding carboxylic acids is 2. The van der Waals surface area contributed by atoms with Crippen LogP contribution in [0.5, 0.6) is 0 Å². The molecule has 1 heterocycles. The number of aliphatic hydroxyl groups excluding tert-OH is 4. The first-order chi connectivity index (χ1) is 28.8. The van der Waals surface area contributed by atoms with Crippen molar-refractivity contribution in [2.24, 2.45) is 0 Å². The van der Waals surface area contributed by atoms with Gasteiger partial charge in [-0.2, -0.15) is 0 Å². The molecule has 0 radical (unpaired) electrons. The van der Waals surface area contributed by atoms with Gasteiger partial charge in [0.2, 0.25) is 0 Å². The van der Waals surface area contributed by atoms with E-state index in [1.807, 2.05) is 0 Å². The second kappa shape index (κ2) is 39.5. The van der Waals surface area contributed by atoms with Crippen LogP contribution in [0.1, 0.15) is 181 Å². The number of carbonyl (C=O) groups is 2. The summed E-state index contributed by atoms with van der Waals surface area (Å²) in [5, 5.41) is 40.1. The molecule has 1 aliphatic heterocycles. The molecule has 2 unspecified atom stereocenters. The minimum absolute atomic E-state index is 0.189. The molecular weight excluding hydrogens is 749 g/mol. The van der Waals surface area contributed by atoms with Crippen LogP contribution in [0.2, 0.25) is 0 Å². The van der Waals surface area contributed by atoms with E-state index >= 15 is 0 Å². The van der Waals surface area contributed by atoms with Gasteiger partial charge >= 0.3 is 11.9 Å². The fraction of sp³-hybridized carbons (Fsp3) is 0.755. The molecule has 0 amide bonds. The fourth-order valence-corrected chi connectivity index (χ4v) is 6.64. The van der Waals surface area contributed by atoms with Crippen molar-refractivity contribution in [3.63, 3.8) is 0 Å². The predicted molar refractivity (Wildman–Crippen MR) is 238 cm³/mol. The lowest BCUT2D eigenvalue weighted by atomic mass is 9.99. The second-order valence-corrected chi connectivity index (χ2v) is 15.8. The molecule has 1 rings (SSSR count). The quantitative estimate of drug-likeness (QED) is 0.0269. The van der Waals surface area contributed by atoms with E-state index in [4.69, 9.17) is 18.9 Å². The predicted octanol–water partition coefficient (Wildman–Crippen LogP) is 10.2. The molecule has 0 saturated carbocycles. The third-order valence-electron chi connectivity index (χ3n) is 10.4. The van der Waals surface area contributed by atoms with Crippen LogP contribution in [0, 0.1) is 0 Å². The third kappa shape index (κ3) is 31.0. The van der Waals surface area contributed by atoms with E-state index < -0.39 is 55.4 Å². The molecule has 0 spiro atoms. The van der Waals surface area contributed by atoms with Gasteiger partial charge in [0.1, 0.15) is 31.0 Å². The van der Waals surface area contributed by atoms with Crippen molar-refractivity contribution in [2.75, 3.05) is 19.8 Å². The van der Waals surface area contributed by atoms with E-state index in [0.29, 0.717) is 12.8 Å². The summed E-state index contributed by atoms with van der Waals surface area (Å²) in [7, 11) is 0. The number of unbranched alkanes of at least 4 members (excludes halogenated alkanes) is 17. The second-order valence-electron chi connectivity index (χ2n) is 15.8. The van der Waals surface area contributed by atoms with Gasteiger partial charge in [0.05, 0.1) is 13.2 Å². The summed E-state index contributed by atoms with van der Waals surface area (Å²) < 4.78 is 22.1. The molecular formula is C49H84O10. The molecule has 0 aromatic rings. The summed E-state index contributed by atoms with van der Waals surface area (Å²) in [4.78, 5) is 25.3. The molecule has 4 N–H and O–H groups in total. The number of hydrogen-bond donors (Lipinski definition) is 4. The van der Waals surface area contributed by atoms with Crippen LogP contribution in [-0.4, -0.2) is 89.0 Å². The minimum Gasteiger partial charge on any atom is -0.462 e. The molecule has 340 valence electrons. The van der Waals surface area contributed by atoms with Crippen LogP contribution in [0.4, 0.5) is 0 Å². The van der Waals surface area contributed by atoms with Gasteiger partial charge in [-0.15, -0.1) is 0 Å². The van der Waals surface area contributed by atoms with Crippen LogP contribution < -0.4 is 0 Å². The topological polar surface area (TPSA) is 152 Å². The van der Waals surface area contributed by atoms with E-state index in [2.05, 4.69) is 74.6 Å². The molecule has 59 heavy (non-hydrogen) atoms. The summed E-state index contributed by atoms with van der Waals surface area (Å²) in [5.41, 5.74) is 0. The Morgan fingerprint density at radius 1 is 0.525 bits per heavy atom. The maximum atomic E-state index is 12.8. The van der Waals surface area contributed by atoms with Gasteiger partial charge in [-0.25, -0.2) is 0 Å². The zero-order chi connectivity index (χ0) is 43.0. The average molecular weight is 833 g/mol. The van der Waals surface area contributed by atoms with Gasteiger partial charge in [-0.3, -0.25) is 9.59 Å². The van der Waals surface area contributed by atoms with Crippen LogP contribution in [0.3, 0.4) is 0 Å². The number of esters is 2. The van der Waals surface area contributed by atoms with E-state index in [1.54, 1.807) is 0 Å². The number of rotatable bonds is 38. The molecule has 0 aromatic carbocycles. The van der Waals surface area contributed by atoms with Crippen LogP contribution in [0.15, 0.2) is 60.8 Å². The first-order valence-electron chi connectivity index (χ1n) is 23.4. The molecule has 0 bridgehead atoms. The van der Waals surface area contributed by atoms with Gasteiger partial charge in [0.25, 0.3) is 0 Å². The average Bonchev–Trinajstić information content (AvgIpc) is 3.23. The Morgan fingerprint density at radius 3 is 1.49 bits per heavy atom. The van der Waals surface area contributed by atoms with Gasteiger partial charge in [0, 0.05) is 12.8 Å². The maximum absolute atomic E-state index is 12.8. The Bertz CT molecular complexity index is 1150. The minimum atomic E-state index is -1.60. The molecule has 1 aliphatic rings. The van der Waals surface area contributed by atoms with Crippen molar-refractivity contribution in [1.29, 1.82) is 0 Å². The van der Waals surface area contributed by atoms with Gasteiger partial charge in [0.15, 0.2) is 12.4 Å². The van der Waals surface area contributed by atoms with Gasteiger partial charge < -0.3 is 39.4 Å². The van der Waals surface area contributed by atoms with Crippen LogP contribution >= 0.6 is 0 Å². The highest BCUT2D eigenvalue weighted by molar-refractivity contribution is 5.70. The van der Waals surface area contributed by atoms with E-state index in [-0.39, 0.29) is 26.1 Å². The van der Waals surface area contributed by atoms with Crippen LogP contribution in [-0.2, 0) is 28.5 Å². The Labute approximate surface area is 358 Å². The summed E-state index contributed by atoms with van der Waals surface area (Å²) in [6, 6.07) is 0. The lowest BCUT2D eigenvalue weighted by Gasteiger charge is -2.39. The largest absolute Gasteiger partial charge is 0.462 e. The lowest BCUT2D eigenvalue weighted by Crippen LogP contribution is -2.59. The Kier molecular flexibility index (Phi) is 36.5. The maximum Gasteiger partial charge on any atom is 0.306 e. The van der Waals surface area contributed by atoms with E-state index in [9.17, 15) is 30.0 Å². The number of aliphatic hydroxyl groups is 4. The molecule has 1 fully saturated rings. The summed E-state index contributed by atoms with van der Waals surface area (Å²) in [5.74, 6) is -0.850. The van der Waals surface area contributed by atoms with E-state index in [0.717, 1.165) is 64.2 Å². The molecule has 1 saturated heterocycles. The van der Waals surface area contributed by atoms with Crippen molar-refractivity contribution in [3.8, 4) is 0 Å².